The highest BCUT2D eigenvalue weighted by Crippen LogP contribution is 2.41. The van der Waals surface area contributed by atoms with Gasteiger partial charge in [0.2, 0.25) is 0 Å². The molecule has 4 N–H and O–H groups in total. The molecule has 1 atom stereocenters. The molecule has 0 saturated heterocycles. The number of carbonyl (C=O) groups is 1. The summed E-state index contributed by atoms with van der Waals surface area (Å²) in [6, 6.07) is 26.1. The summed E-state index contributed by atoms with van der Waals surface area (Å²) in [5.74, 6) is -0.886. The third kappa shape index (κ3) is 3.81. The number of aromatic hydroxyl groups is 1. The van der Waals surface area contributed by atoms with Gasteiger partial charge in [0.15, 0.2) is 0 Å². The van der Waals surface area contributed by atoms with Gasteiger partial charge in [0.1, 0.15) is 17.3 Å². The molecule has 31 heavy (non-hydrogen) atoms. The number of hydrogen-bond acceptors (Lipinski definition) is 4. The van der Waals surface area contributed by atoms with E-state index in [1.165, 1.54) is 0 Å². The number of phenolic OH excluding ortho intramolecular Hbond substituents is 1. The van der Waals surface area contributed by atoms with Gasteiger partial charge in [-0.3, -0.25) is 4.79 Å². The van der Waals surface area contributed by atoms with E-state index in [-0.39, 0.29) is 12.2 Å². The smallest absolute Gasteiger partial charge is 0.320 e. The van der Waals surface area contributed by atoms with Crippen LogP contribution in [0.25, 0.3) is 0 Å². The summed E-state index contributed by atoms with van der Waals surface area (Å²) in [5, 5.41) is 19.1. The lowest BCUT2D eigenvalue weighted by Gasteiger charge is -2.37. The van der Waals surface area contributed by atoms with E-state index in [0.717, 1.165) is 16.7 Å². The first-order valence-corrected chi connectivity index (χ1v) is 9.94. The van der Waals surface area contributed by atoms with Crippen LogP contribution in [0.15, 0.2) is 97.5 Å². The fourth-order valence-electron chi connectivity index (χ4n) is 3.97. The minimum Gasteiger partial charge on any atom is -0.508 e. The fourth-order valence-corrected chi connectivity index (χ4v) is 3.97. The number of hydrogen-bond donors (Lipinski definition) is 3. The molecule has 0 aliphatic carbocycles. The molecular formula is C25H23N3O3. The Morgan fingerprint density at radius 3 is 1.94 bits per heavy atom. The predicted octanol–water partition coefficient (Wildman–Crippen LogP) is 3.38. The first-order chi connectivity index (χ1) is 15.0. The van der Waals surface area contributed by atoms with Crippen LogP contribution in [0.2, 0.25) is 0 Å². The minimum atomic E-state index is -1.06. The van der Waals surface area contributed by atoms with Gasteiger partial charge >= 0.3 is 5.97 Å². The van der Waals surface area contributed by atoms with Crippen LogP contribution in [0.3, 0.4) is 0 Å². The molecule has 6 heteroatoms. The largest absolute Gasteiger partial charge is 0.508 e. The Morgan fingerprint density at radius 1 is 0.903 bits per heavy atom. The lowest BCUT2D eigenvalue weighted by molar-refractivity contribution is -0.138. The topological polar surface area (TPSA) is 101 Å². The van der Waals surface area contributed by atoms with Crippen molar-refractivity contribution in [1.82, 2.24) is 9.55 Å². The molecule has 3 aromatic carbocycles. The Hall–Kier alpha value is -3.90. The van der Waals surface area contributed by atoms with E-state index in [0.29, 0.717) is 5.69 Å². The van der Waals surface area contributed by atoms with Crippen molar-refractivity contribution >= 4 is 5.97 Å². The Bertz CT molecular complexity index is 1120. The second kappa shape index (κ2) is 8.45. The molecule has 0 unspecified atom stereocenters. The van der Waals surface area contributed by atoms with Crippen molar-refractivity contribution in [3.63, 3.8) is 0 Å². The SMILES string of the molecule is N[C@@H](Cc1cn(C(c2ccccc2)(c2ccccc2)c2ccc(O)cc2)cn1)C(=O)O. The molecular weight excluding hydrogens is 390 g/mol. The average Bonchev–Trinajstić information content (AvgIpc) is 3.25. The van der Waals surface area contributed by atoms with E-state index in [1.54, 1.807) is 18.5 Å². The Balaban J connectivity index is 1.98. The van der Waals surface area contributed by atoms with Crippen LogP contribution in [0.5, 0.6) is 5.75 Å². The van der Waals surface area contributed by atoms with E-state index in [4.69, 9.17) is 5.73 Å². The summed E-state index contributed by atoms with van der Waals surface area (Å²) < 4.78 is 1.98. The van der Waals surface area contributed by atoms with E-state index in [1.807, 2.05) is 83.6 Å². The summed E-state index contributed by atoms with van der Waals surface area (Å²) >= 11 is 0. The van der Waals surface area contributed by atoms with Gasteiger partial charge in [0.05, 0.1) is 12.0 Å². The fraction of sp³-hybridized carbons (Fsp3) is 0.120. The van der Waals surface area contributed by atoms with Crippen molar-refractivity contribution in [1.29, 1.82) is 0 Å². The van der Waals surface area contributed by atoms with Crippen molar-refractivity contribution in [2.45, 2.75) is 18.0 Å². The Labute approximate surface area is 180 Å². The summed E-state index contributed by atoms with van der Waals surface area (Å²) in [7, 11) is 0. The molecule has 6 nitrogen and oxygen atoms in total. The maximum Gasteiger partial charge on any atom is 0.320 e. The molecule has 0 fully saturated rings. The molecule has 0 aliphatic heterocycles. The van der Waals surface area contributed by atoms with Crippen LogP contribution in [0.1, 0.15) is 22.4 Å². The average molecular weight is 413 g/mol. The third-order valence-electron chi connectivity index (χ3n) is 5.44. The van der Waals surface area contributed by atoms with Crippen LogP contribution in [0.4, 0.5) is 0 Å². The molecule has 0 bridgehead atoms. The van der Waals surface area contributed by atoms with Gasteiger partial charge in [-0.25, -0.2) is 4.98 Å². The number of imidazole rings is 1. The normalized spacial score (nSPS) is 12.4. The minimum absolute atomic E-state index is 0.123. The summed E-state index contributed by atoms with van der Waals surface area (Å²) in [5.41, 5.74) is 8.47. The van der Waals surface area contributed by atoms with Crippen LogP contribution < -0.4 is 5.73 Å². The van der Waals surface area contributed by atoms with Crippen LogP contribution in [0, 0.1) is 0 Å². The lowest BCUT2D eigenvalue weighted by atomic mass is 9.76. The number of nitrogens with zero attached hydrogens (tertiary/aromatic N) is 2. The molecule has 0 saturated carbocycles. The van der Waals surface area contributed by atoms with Gasteiger partial charge in [-0.1, -0.05) is 72.8 Å². The number of rotatable bonds is 7. The van der Waals surface area contributed by atoms with Crippen molar-refractivity contribution in [3.05, 3.63) is 120 Å². The van der Waals surface area contributed by atoms with Gasteiger partial charge in [-0.15, -0.1) is 0 Å². The van der Waals surface area contributed by atoms with Crippen molar-refractivity contribution < 1.29 is 15.0 Å². The van der Waals surface area contributed by atoms with Gasteiger partial charge in [0.25, 0.3) is 0 Å². The highest BCUT2D eigenvalue weighted by atomic mass is 16.4. The van der Waals surface area contributed by atoms with E-state index < -0.39 is 17.6 Å². The Kier molecular flexibility index (Phi) is 5.56. The molecule has 4 aromatic rings. The number of aliphatic carboxylic acids is 1. The standard InChI is InChI=1S/C25H23N3O3/c26-23(24(30)31)15-21-16-28(17-27-21)25(18-7-3-1-4-8-18,19-9-5-2-6-10-19)20-11-13-22(29)14-12-20/h1-14,16-17,23,29H,15,26H2,(H,30,31)/t23-/m0/s1. The molecule has 0 spiro atoms. The van der Waals surface area contributed by atoms with Crippen LogP contribution in [-0.4, -0.2) is 31.8 Å². The van der Waals surface area contributed by atoms with E-state index in [2.05, 4.69) is 4.98 Å². The summed E-state index contributed by atoms with van der Waals surface area (Å²) in [6.07, 6.45) is 3.67. The van der Waals surface area contributed by atoms with E-state index in [9.17, 15) is 15.0 Å². The molecule has 1 heterocycles. The van der Waals surface area contributed by atoms with Gasteiger partial charge in [-0.2, -0.15) is 0 Å². The zero-order chi connectivity index (χ0) is 21.8. The van der Waals surface area contributed by atoms with Crippen LogP contribution >= 0.6 is 0 Å². The highest BCUT2D eigenvalue weighted by Gasteiger charge is 2.38. The van der Waals surface area contributed by atoms with Crippen molar-refractivity contribution in [3.8, 4) is 5.75 Å². The number of carboxylic acid groups (broad SMARTS) is 1. The quantitative estimate of drug-likeness (QED) is 0.403. The summed E-state index contributed by atoms with van der Waals surface area (Å²) in [4.78, 5) is 15.7. The Morgan fingerprint density at radius 2 is 1.42 bits per heavy atom. The highest BCUT2D eigenvalue weighted by molar-refractivity contribution is 5.73. The lowest BCUT2D eigenvalue weighted by Crippen LogP contribution is -2.37. The first-order valence-electron chi connectivity index (χ1n) is 9.94. The first kappa shape index (κ1) is 20.4. The molecule has 1 aromatic heterocycles. The van der Waals surface area contributed by atoms with Crippen molar-refractivity contribution in [2.75, 3.05) is 0 Å². The maximum absolute atomic E-state index is 11.2. The zero-order valence-electron chi connectivity index (χ0n) is 16.8. The van der Waals surface area contributed by atoms with Gasteiger partial charge in [0, 0.05) is 12.6 Å². The summed E-state index contributed by atoms with van der Waals surface area (Å²) in [6.45, 7) is 0. The number of benzene rings is 3. The number of nitrogens with two attached hydrogens (primary N) is 1. The zero-order valence-corrected chi connectivity index (χ0v) is 16.8. The third-order valence-corrected chi connectivity index (χ3v) is 5.44. The predicted molar refractivity (Wildman–Crippen MR) is 118 cm³/mol. The van der Waals surface area contributed by atoms with Crippen LogP contribution in [-0.2, 0) is 16.8 Å². The second-order valence-corrected chi connectivity index (χ2v) is 7.41. The molecule has 4 rings (SSSR count). The molecule has 156 valence electrons. The van der Waals surface area contributed by atoms with Gasteiger partial charge in [-0.05, 0) is 28.8 Å². The number of phenols is 1. The molecule has 0 aliphatic rings. The maximum atomic E-state index is 11.2. The molecule has 0 radical (unpaired) electrons. The monoisotopic (exact) mass is 413 g/mol. The number of carboxylic acids is 1. The van der Waals surface area contributed by atoms with Gasteiger partial charge < -0.3 is 20.5 Å². The van der Waals surface area contributed by atoms with E-state index >= 15 is 0 Å². The molecule has 0 amide bonds. The number of aromatic nitrogens is 2. The van der Waals surface area contributed by atoms with Crippen molar-refractivity contribution in [2.24, 2.45) is 5.73 Å². The second-order valence-electron chi connectivity index (χ2n) is 7.41.